The first kappa shape index (κ1) is 51.5. The van der Waals surface area contributed by atoms with Gasteiger partial charge in [-0.05, 0) is 46.5 Å². The summed E-state index contributed by atoms with van der Waals surface area (Å²) in [6.45, 7) is 16.2. The van der Waals surface area contributed by atoms with E-state index < -0.39 is 86.2 Å². The maximum absolute atomic E-state index is 13.5. The number of nitriles is 1. The van der Waals surface area contributed by atoms with Crippen LogP contribution in [0.2, 0.25) is 22.2 Å². The molecule has 25 heteroatoms. The van der Waals surface area contributed by atoms with E-state index in [9.17, 15) is 24.3 Å². The summed E-state index contributed by atoms with van der Waals surface area (Å²) in [5, 5.41) is 12.5. The number of nitrogens with zero attached hydrogens (tertiary/aromatic N) is 5. The molecule has 3 aromatic heterocycles. The Kier molecular flexibility index (Phi) is 17.1. The lowest BCUT2D eigenvalue weighted by molar-refractivity contribution is -0.118. The van der Waals surface area contributed by atoms with Gasteiger partial charge in [0, 0.05) is 41.3 Å². The fourth-order valence-electron chi connectivity index (χ4n) is 8.74. The topological polar surface area (TPSA) is 250 Å². The monoisotopic (exact) mass is 998 g/mol. The van der Waals surface area contributed by atoms with Crippen LogP contribution in [-0.4, -0.2) is 103 Å². The number of hydrogen-bond donors (Lipinski definition) is 3. The highest BCUT2D eigenvalue weighted by atomic mass is 32.5. The van der Waals surface area contributed by atoms with Gasteiger partial charge in [0.15, 0.2) is 11.9 Å². The van der Waals surface area contributed by atoms with Crippen molar-refractivity contribution in [3.63, 3.8) is 0 Å². The first-order valence-electron chi connectivity index (χ1n) is 22.0. The second-order valence-corrected chi connectivity index (χ2v) is 30.6. The SMILES string of the molecule is CC(C)C(=O)Nc1nc2c(ccn2[C@@H]2O[C@@H]3CO[Si](C(C)C)(C(C)C)O[Si](C(C)C)(C(C)C)O[C@H]3[C@H]2OP(=S)(OCCC#N)OC[C@H]2C[C@@H](Oc3ccncn3)C[C@@H]2O[P+](=O)O)c(=O)[nH]1. The van der Waals surface area contributed by atoms with Crippen molar-refractivity contribution in [3.05, 3.63) is 41.2 Å². The molecular formula is C40H62N7O13P2SSi2+. The molecule has 3 fully saturated rings. The van der Waals surface area contributed by atoms with E-state index in [1.807, 2.05) is 0 Å². The Hall–Kier alpha value is -2.92. The van der Waals surface area contributed by atoms with Gasteiger partial charge in [0.2, 0.25) is 17.7 Å². The Morgan fingerprint density at radius 2 is 1.80 bits per heavy atom. The molecule has 358 valence electrons. The molecule has 3 N–H and O–H groups in total. The zero-order valence-corrected chi connectivity index (χ0v) is 43.0. The predicted molar refractivity (Wildman–Crippen MR) is 247 cm³/mol. The third-order valence-corrected chi connectivity index (χ3v) is 25.1. The van der Waals surface area contributed by atoms with E-state index in [1.54, 1.807) is 42.9 Å². The van der Waals surface area contributed by atoms with Crippen LogP contribution in [0.25, 0.3) is 11.0 Å². The summed E-state index contributed by atoms with van der Waals surface area (Å²) in [5.41, 5.74) is -0.366. The molecule has 1 saturated carbocycles. The zero-order chi connectivity index (χ0) is 47.4. The van der Waals surface area contributed by atoms with Crippen LogP contribution < -0.4 is 15.6 Å². The third kappa shape index (κ3) is 11.5. The van der Waals surface area contributed by atoms with Gasteiger partial charge in [-0.25, -0.2) is 9.97 Å². The number of carbonyl (C=O) groups excluding carboxylic acids is 1. The van der Waals surface area contributed by atoms with Gasteiger partial charge in [0.25, 0.3) is 5.56 Å². The van der Waals surface area contributed by atoms with E-state index in [2.05, 4.69) is 86.7 Å². The number of amides is 1. The Morgan fingerprint density at radius 3 is 2.42 bits per heavy atom. The molecule has 3 aromatic rings. The van der Waals surface area contributed by atoms with Crippen LogP contribution in [0, 0.1) is 23.2 Å². The molecule has 0 radical (unpaired) electrons. The molecule has 0 bridgehead atoms. The molecule has 9 atom stereocenters. The minimum atomic E-state index is -3.93. The summed E-state index contributed by atoms with van der Waals surface area (Å²) in [5.74, 6) is -0.989. The van der Waals surface area contributed by atoms with Crippen LogP contribution >= 0.6 is 15.0 Å². The van der Waals surface area contributed by atoms with Crippen LogP contribution in [0.5, 0.6) is 5.88 Å². The first-order valence-corrected chi connectivity index (χ1v) is 29.6. The number of rotatable bonds is 19. The molecule has 6 rings (SSSR count). The molecule has 3 aliphatic rings. The number of H-pyrrole nitrogens is 1. The lowest BCUT2D eigenvalue weighted by Gasteiger charge is -2.51. The second-order valence-electron chi connectivity index (χ2n) is 18.1. The van der Waals surface area contributed by atoms with E-state index in [0.29, 0.717) is 12.3 Å². The predicted octanol–water partition coefficient (Wildman–Crippen LogP) is 7.41. The molecule has 20 nitrogen and oxygen atoms in total. The highest BCUT2D eigenvalue weighted by Crippen LogP contribution is 2.57. The van der Waals surface area contributed by atoms with Crippen molar-refractivity contribution in [1.29, 1.82) is 5.26 Å². The average Bonchev–Trinajstić information content (AvgIpc) is 3.91. The van der Waals surface area contributed by atoms with Crippen molar-refractivity contribution >= 4 is 66.8 Å². The van der Waals surface area contributed by atoms with Crippen LogP contribution in [0.4, 0.5) is 5.95 Å². The maximum atomic E-state index is 13.5. The largest absolute Gasteiger partial charge is 0.695 e. The van der Waals surface area contributed by atoms with E-state index in [0.717, 1.165) is 0 Å². The fourth-order valence-corrected chi connectivity index (χ4v) is 22.5. The van der Waals surface area contributed by atoms with E-state index in [4.69, 9.17) is 52.3 Å². The highest BCUT2D eigenvalue weighted by molar-refractivity contribution is 8.07. The molecule has 0 aromatic carbocycles. The van der Waals surface area contributed by atoms with Crippen LogP contribution in [0.1, 0.15) is 94.7 Å². The zero-order valence-electron chi connectivity index (χ0n) is 38.4. The third-order valence-electron chi connectivity index (χ3n) is 12.1. The Morgan fingerprint density at radius 1 is 1.09 bits per heavy atom. The minimum Gasteiger partial charge on any atom is -0.474 e. The van der Waals surface area contributed by atoms with Crippen molar-refractivity contribution in [1.82, 2.24) is 24.5 Å². The quantitative estimate of drug-likeness (QED) is 0.0600. The normalized spacial score (nSPS) is 26.6. The van der Waals surface area contributed by atoms with Gasteiger partial charge >= 0.3 is 32.1 Å². The number of fused-ring (bicyclic) bond motifs is 2. The molecule has 0 spiro atoms. The summed E-state index contributed by atoms with van der Waals surface area (Å²) >= 11 is 6.21. The summed E-state index contributed by atoms with van der Waals surface area (Å²) < 4.78 is 74.0. The summed E-state index contributed by atoms with van der Waals surface area (Å²) in [7, 11) is -9.34. The summed E-state index contributed by atoms with van der Waals surface area (Å²) in [6, 6.07) is 5.27. The lowest BCUT2D eigenvalue weighted by Crippen LogP contribution is -2.65. The van der Waals surface area contributed by atoms with Crippen LogP contribution in [0.3, 0.4) is 0 Å². The van der Waals surface area contributed by atoms with Gasteiger partial charge in [-0.15, -0.1) is 9.42 Å². The van der Waals surface area contributed by atoms with Gasteiger partial charge in [0.1, 0.15) is 36.8 Å². The molecule has 5 heterocycles. The highest BCUT2D eigenvalue weighted by Gasteiger charge is 2.63. The van der Waals surface area contributed by atoms with E-state index in [-0.39, 0.29) is 77.7 Å². The smallest absolute Gasteiger partial charge is 0.474 e. The van der Waals surface area contributed by atoms with Gasteiger partial charge in [0.05, 0.1) is 37.7 Å². The molecular weight excluding hydrogens is 937 g/mol. The molecule has 65 heavy (non-hydrogen) atoms. The Bertz CT molecular complexity index is 2270. The maximum Gasteiger partial charge on any atom is 0.695 e. The molecule has 2 unspecified atom stereocenters. The first-order chi connectivity index (χ1) is 30.7. The molecule has 2 aliphatic heterocycles. The minimum absolute atomic E-state index is 0.0391. The van der Waals surface area contributed by atoms with E-state index >= 15 is 0 Å². The second kappa shape index (κ2) is 21.6. The summed E-state index contributed by atoms with van der Waals surface area (Å²) in [6.07, 6.45) is -0.0380. The van der Waals surface area contributed by atoms with Gasteiger partial charge in [-0.2, -0.15) is 10.2 Å². The van der Waals surface area contributed by atoms with E-state index in [1.165, 1.54) is 6.33 Å². The molecule has 1 amide bonds. The Balaban J connectivity index is 1.44. The summed E-state index contributed by atoms with van der Waals surface area (Å²) in [4.78, 5) is 51.5. The van der Waals surface area contributed by atoms with Crippen LogP contribution in [-0.2, 0) is 57.0 Å². The van der Waals surface area contributed by atoms with Crippen molar-refractivity contribution in [2.75, 3.05) is 25.1 Å². The lowest BCUT2D eigenvalue weighted by atomic mass is 10.1. The van der Waals surface area contributed by atoms with Crippen molar-refractivity contribution in [2.45, 2.75) is 147 Å². The van der Waals surface area contributed by atoms with Crippen molar-refractivity contribution in [3.8, 4) is 11.9 Å². The Labute approximate surface area is 387 Å². The number of nitrogens with one attached hydrogen (secondary N) is 2. The fraction of sp³-hybridized carbons (Fsp3) is 0.700. The molecule has 1 aliphatic carbocycles. The number of ether oxygens (including phenoxy) is 2. The van der Waals surface area contributed by atoms with Gasteiger partial charge in [-0.3, -0.25) is 24.4 Å². The number of anilines is 1. The van der Waals surface area contributed by atoms with Gasteiger partial charge in [-0.1, -0.05) is 69.2 Å². The number of hydrogen-bond acceptors (Lipinski definition) is 17. The van der Waals surface area contributed by atoms with Gasteiger partial charge < -0.3 is 36.1 Å². The van der Waals surface area contributed by atoms with Crippen LogP contribution in [0.15, 0.2) is 35.6 Å². The average molecular weight is 999 g/mol. The number of carbonyl (C=O) groups is 1. The van der Waals surface area contributed by atoms with Crippen molar-refractivity contribution in [2.24, 2.45) is 11.8 Å². The number of aromatic amines is 1. The van der Waals surface area contributed by atoms with Crippen molar-refractivity contribution < 1.29 is 54.8 Å². The molecule has 2 saturated heterocycles. The standard InChI is InChI=1S/C40H61N7O13P2SSi2/c1-23(2)37(48)45-40-44-36-30(38(49)46-40)13-16-47(36)39-35(34-32(56-39)21-54-64(24(3)4,25(5)6)60-65(59-34,26(7)8)27(9)10)58-62(63,52-17-11-14-41)53-20-28-18-29(19-31(28)57-61(50)51)55-33-12-15-42-22-43-33/h12-13,15-16,22-29,31-32,34-35,39H,11,17-21H2,1-10H3,(H2-,44,45,46,48,49,50,51)/p+1/t28-,29-,31+,32-,34-,35-,39-,62?/m1/s1. The number of aromatic nitrogens is 5.